The molecule has 0 N–H and O–H groups in total. The predicted molar refractivity (Wildman–Crippen MR) is 111 cm³/mol. The third-order valence-corrected chi connectivity index (χ3v) is 4.59. The molecular formula is C22H21BrN2O2. The molecule has 5 heteroatoms. The molecule has 0 radical (unpaired) electrons. The Hall–Kier alpha value is -2.66. The van der Waals surface area contributed by atoms with E-state index in [0.29, 0.717) is 30.3 Å². The van der Waals surface area contributed by atoms with E-state index in [0.717, 1.165) is 10.0 Å². The molecule has 0 saturated heterocycles. The van der Waals surface area contributed by atoms with Crippen LogP contribution in [0.5, 0.6) is 5.75 Å². The largest absolute Gasteiger partial charge is 0.489 e. The monoisotopic (exact) mass is 424 g/mol. The van der Waals surface area contributed by atoms with Crippen LogP contribution in [0.2, 0.25) is 0 Å². The van der Waals surface area contributed by atoms with Crippen molar-refractivity contribution in [1.82, 2.24) is 4.98 Å². The second-order valence-corrected chi connectivity index (χ2v) is 7.11. The highest BCUT2D eigenvalue weighted by atomic mass is 79.9. The van der Waals surface area contributed by atoms with E-state index >= 15 is 0 Å². The fraction of sp³-hybridized carbons (Fsp3) is 0.182. The van der Waals surface area contributed by atoms with Crippen LogP contribution in [0.1, 0.15) is 28.4 Å². The fourth-order valence-corrected chi connectivity index (χ4v) is 3.02. The summed E-state index contributed by atoms with van der Waals surface area (Å²) in [6.45, 7) is 4.98. The minimum Gasteiger partial charge on any atom is -0.489 e. The molecule has 0 aliphatic carbocycles. The van der Waals surface area contributed by atoms with Crippen LogP contribution in [0.3, 0.4) is 0 Å². The van der Waals surface area contributed by atoms with Gasteiger partial charge in [0.15, 0.2) is 0 Å². The van der Waals surface area contributed by atoms with E-state index in [-0.39, 0.29) is 5.91 Å². The molecular weight excluding hydrogens is 404 g/mol. The summed E-state index contributed by atoms with van der Waals surface area (Å²) in [5.41, 5.74) is 2.87. The van der Waals surface area contributed by atoms with Crippen LogP contribution in [0.15, 0.2) is 71.3 Å². The van der Waals surface area contributed by atoms with Crippen molar-refractivity contribution in [3.05, 3.63) is 88.0 Å². The molecule has 2 aromatic carbocycles. The summed E-state index contributed by atoms with van der Waals surface area (Å²) in [6, 6.07) is 19.2. The molecule has 0 saturated carbocycles. The van der Waals surface area contributed by atoms with E-state index in [1.54, 1.807) is 23.2 Å². The second kappa shape index (κ2) is 8.82. The third-order valence-electron chi connectivity index (χ3n) is 4.12. The van der Waals surface area contributed by atoms with Gasteiger partial charge in [-0.05, 0) is 65.7 Å². The van der Waals surface area contributed by atoms with Gasteiger partial charge < -0.3 is 4.74 Å². The normalized spacial score (nSPS) is 10.5. The molecule has 27 heavy (non-hydrogen) atoms. The van der Waals surface area contributed by atoms with Crippen LogP contribution >= 0.6 is 15.9 Å². The number of anilines is 1. The smallest absolute Gasteiger partial charge is 0.259 e. The number of amides is 1. The summed E-state index contributed by atoms with van der Waals surface area (Å²) in [5.74, 6) is 1.19. The van der Waals surface area contributed by atoms with Gasteiger partial charge in [-0.1, -0.05) is 35.9 Å². The van der Waals surface area contributed by atoms with Crippen LogP contribution in [-0.2, 0) is 6.61 Å². The Labute approximate surface area is 167 Å². The number of rotatable bonds is 6. The first-order valence-electron chi connectivity index (χ1n) is 8.78. The van der Waals surface area contributed by atoms with Gasteiger partial charge >= 0.3 is 0 Å². The van der Waals surface area contributed by atoms with Crippen molar-refractivity contribution in [1.29, 1.82) is 0 Å². The molecule has 138 valence electrons. The van der Waals surface area contributed by atoms with Crippen LogP contribution in [0, 0.1) is 6.92 Å². The SMILES string of the molecule is CCN(C(=O)c1cccc(OCc2cccc(C)c2)c1)c1ccc(Br)cn1. The third kappa shape index (κ3) is 4.95. The molecule has 0 unspecified atom stereocenters. The summed E-state index contributed by atoms with van der Waals surface area (Å²) in [4.78, 5) is 18.9. The number of hydrogen-bond acceptors (Lipinski definition) is 3. The summed E-state index contributed by atoms with van der Waals surface area (Å²) in [6.07, 6.45) is 1.69. The zero-order chi connectivity index (χ0) is 19.2. The van der Waals surface area contributed by atoms with E-state index in [9.17, 15) is 4.79 Å². The van der Waals surface area contributed by atoms with Gasteiger partial charge in [-0.15, -0.1) is 0 Å². The number of carbonyl (C=O) groups is 1. The lowest BCUT2D eigenvalue weighted by Crippen LogP contribution is -2.31. The molecule has 0 aliphatic rings. The highest BCUT2D eigenvalue weighted by molar-refractivity contribution is 9.10. The molecule has 0 fully saturated rings. The zero-order valence-corrected chi connectivity index (χ0v) is 16.9. The number of pyridine rings is 1. The van der Waals surface area contributed by atoms with E-state index in [2.05, 4.69) is 40.0 Å². The Morgan fingerprint density at radius 1 is 1.11 bits per heavy atom. The summed E-state index contributed by atoms with van der Waals surface area (Å²) >= 11 is 3.37. The standard InChI is InChI=1S/C22H21BrN2O2/c1-3-25(21-11-10-19(23)14-24-21)22(26)18-8-5-9-20(13-18)27-15-17-7-4-6-16(2)12-17/h4-14H,3,15H2,1-2H3. The maximum Gasteiger partial charge on any atom is 0.259 e. The molecule has 0 atom stereocenters. The first-order chi connectivity index (χ1) is 13.1. The van der Waals surface area contributed by atoms with Crippen molar-refractivity contribution < 1.29 is 9.53 Å². The highest BCUT2D eigenvalue weighted by Gasteiger charge is 2.17. The molecule has 1 heterocycles. The van der Waals surface area contributed by atoms with E-state index in [1.165, 1.54) is 5.56 Å². The van der Waals surface area contributed by atoms with E-state index in [4.69, 9.17) is 4.74 Å². The van der Waals surface area contributed by atoms with E-state index < -0.39 is 0 Å². The second-order valence-electron chi connectivity index (χ2n) is 6.19. The molecule has 3 rings (SSSR count). The molecule has 0 bridgehead atoms. The Kier molecular flexibility index (Phi) is 6.24. The molecule has 3 aromatic rings. The van der Waals surface area contributed by atoms with Crippen LogP contribution in [-0.4, -0.2) is 17.4 Å². The molecule has 0 aliphatic heterocycles. The maximum atomic E-state index is 13.0. The maximum absolute atomic E-state index is 13.0. The van der Waals surface area contributed by atoms with E-state index in [1.807, 2.05) is 43.3 Å². The number of carbonyl (C=O) groups excluding carboxylic acids is 1. The Balaban J connectivity index is 1.75. The van der Waals surface area contributed by atoms with Gasteiger partial charge in [0.25, 0.3) is 5.91 Å². The summed E-state index contributed by atoms with van der Waals surface area (Å²) in [7, 11) is 0. The quantitative estimate of drug-likeness (QED) is 0.531. The topological polar surface area (TPSA) is 42.4 Å². The first kappa shape index (κ1) is 19.1. The lowest BCUT2D eigenvalue weighted by Gasteiger charge is -2.20. The van der Waals surface area contributed by atoms with Crippen molar-refractivity contribution in [2.75, 3.05) is 11.4 Å². The van der Waals surface area contributed by atoms with Crippen molar-refractivity contribution >= 4 is 27.7 Å². The van der Waals surface area contributed by atoms with Gasteiger partial charge in [0.2, 0.25) is 0 Å². The molecule has 1 aromatic heterocycles. The summed E-state index contributed by atoms with van der Waals surface area (Å²) < 4.78 is 6.76. The minimum absolute atomic E-state index is 0.103. The van der Waals surface area contributed by atoms with Gasteiger partial charge in [-0.3, -0.25) is 9.69 Å². The van der Waals surface area contributed by atoms with Gasteiger partial charge in [0.05, 0.1) is 0 Å². The molecule has 1 amide bonds. The van der Waals surface area contributed by atoms with Crippen LogP contribution in [0.25, 0.3) is 0 Å². The van der Waals surface area contributed by atoms with Gasteiger partial charge in [-0.2, -0.15) is 0 Å². The highest BCUT2D eigenvalue weighted by Crippen LogP contribution is 2.20. The number of nitrogens with zero attached hydrogens (tertiary/aromatic N) is 2. The van der Waals surface area contributed by atoms with Crippen molar-refractivity contribution in [2.45, 2.75) is 20.5 Å². The number of benzene rings is 2. The Bertz CT molecular complexity index is 926. The van der Waals surface area contributed by atoms with Crippen molar-refractivity contribution in [2.24, 2.45) is 0 Å². The van der Waals surface area contributed by atoms with Gasteiger partial charge in [-0.25, -0.2) is 4.98 Å². The lowest BCUT2D eigenvalue weighted by atomic mass is 10.1. The van der Waals surface area contributed by atoms with Gasteiger partial charge in [0, 0.05) is 22.8 Å². The minimum atomic E-state index is -0.103. The number of hydrogen-bond donors (Lipinski definition) is 0. The fourth-order valence-electron chi connectivity index (χ4n) is 2.78. The first-order valence-corrected chi connectivity index (χ1v) is 9.58. The Morgan fingerprint density at radius 2 is 1.93 bits per heavy atom. The number of aryl methyl sites for hydroxylation is 1. The van der Waals surface area contributed by atoms with Crippen molar-refractivity contribution in [3.8, 4) is 5.75 Å². The van der Waals surface area contributed by atoms with Crippen molar-refractivity contribution in [3.63, 3.8) is 0 Å². The molecule has 4 nitrogen and oxygen atoms in total. The lowest BCUT2D eigenvalue weighted by molar-refractivity contribution is 0.0987. The number of ether oxygens (including phenoxy) is 1. The zero-order valence-electron chi connectivity index (χ0n) is 15.4. The van der Waals surface area contributed by atoms with Gasteiger partial charge in [0.1, 0.15) is 18.2 Å². The Morgan fingerprint density at radius 3 is 2.63 bits per heavy atom. The number of halogens is 1. The average Bonchev–Trinajstić information content (AvgIpc) is 2.68. The van der Waals surface area contributed by atoms with Crippen LogP contribution < -0.4 is 9.64 Å². The molecule has 0 spiro atoms. The predicted octanol–water partition coefficient (Wildman–Crippen LogP) is 5.40. The number of aromatic nitrogens is 1. The average molecular weight is 425 g/mol. The van der Waals surface area contributed by atoms with Crippen LogP contribution in [0.4, 0.5) is 5.82 Å². The summed E-state index contributed by atoms with van der Waals surface area (Å²) in [5, 5.41) is 0.